The standard InChI is InChI=1S/C19H33NO/c1-15(2)21-18-11-9-17(10-12-18)8-7-16(3)13-14-20-19(4,5)6/h9-12,15-16,20H,7-8,13-14H2,1-6H3. The summed E-state index contributed by atoms with van der Waals surface area (Å²) >= 11 is 0. The van der Waals surface area contributed by atoms with Crippen LogP contribution in [0.2, 0.25) is 0 Å². The van der Waals surface area contributed by atoms with Gasteiger partial charge in [-0.15, -0.1) is 0 Å². The molecule has 1 N–H and O–H groups in total. The molecule has 0 radical (unpaired) electrons. The smallest absolute Gasteiger partial charge is 0.119 e. The van der Waals surface area contributed by atoms with E-state index in [1.807, 2.05) is 0 Å². The predicted octanol–water partition coefficient (Wildman–Crippen LogP) is 4.82. The molecule has 0 bridgehead atoms. The molecule has 1 aromatic carbocycles. The Hall–Kier alpha value is -1.02. The first-order chi connectivity index (χ1) is 9.76. The van der Waals surface area contributed by atoms with E-state index in [0.717, 1.165) is 24.6 Å². The van der Waals surface area contributed by atoms with Gasteiger partial charge >= 0.3 is 0 Å². The van der Waals surface area contributed by atoms with Gasteiger partial charge in [-0.05, 0) is 84.0 Å². The van der Waals surface area contributed by atoms with Crippen molar-refractivity contribution in [1.29, 1.82) is 0 Å². The van der Waals surface area contributed by atoms with Crippen molar-refractivity contribution >= 4 is 0 Å². The van der Waals surface area contributed by atoms with Crippen molar-refractivity contribution in [2.45, 2.75) is 72.4 Å². The number of hydrogen-bond donors (Lipinski definition) is 1. The maximum absolute atomic E-state index is 5.67. The van der Waals surface area contributed by atoms with Gasteiger partial charge in [-0.25, -0.2) is 0 Å². The highest BCUT2D eigenvalue weighted by Gasteiger charge is 2.09. The summed E-state index contributed by atoms with van der Waals surface area (Å²) in [6.07, 6.45) is 3.88. The lowest BCUT2D eigenvalue weighted by molar-refractivity contribution is 0.242. The second-order valence-corrected chi connectivity index (χ2v) is 7.42. The number of nitrogens with one attached hydrogen (secondary N) is 1. The Bertz CT molecular complexity index is 389. The fourth-order valence-electron chi connectivity index (χ4n) is 2.26. The molecule has 1 rings (SSSR count). The molecule has 0 aliphatic rings. The Morgan fingerprint density at radius 2 is 1.62 bits per heavy atom. The summed E-state index contributed by atoms with van der Waals surface area (Å²) < 4.78 is 5.67. The highest BCUT2D eigenvalue weighted by molar-refractivity contribution is 5.27. The fraction of sp³-hybridized carbons (Fsp3) is 0.684. The second-order valence-electron chi connectivity index (χ2n) is 7.42. The van der Waals surface area contributed by atoms with Gasteiger partial charge in [-0.1, -0.05) is 19.1 Å². The van der Waals surface area contributed by atoms with Crippen LogP contribution in [0.15, 0.2) is 24.3 Å². The fourth-order valence-corrected chi connectivity index (χ4v) is 2.26. The van der Waals surface area contributed by atoms with Gasteiger partial charge in [-0.3, -0.25) is 0 Å². The van der Waals surface area contributed by atoms with Crippen molar-refractivity contribution in [1.82, 2.24) is 5.32 Å². The van der Waals surface area contributed by atoms with Gasteiger partial charge in [0.1, 0.15) is 5.75 Å². The van der Waals surface area contributed by atoms with E-state index in [2.05, 4.69) is 71.1 Å². The minimum Gasteiger partial charge on any atom is -0.491 e. The van der Waals surface area contributed by atoms with E-state index >= 15 is 0 Å². The first-order valence-electron chi connectivity index (χ1n) is 8.27. The van der Waals surface area contributed by atoms with E-state index in [1.165, 1.54) is 18.4 Å². The molecule has 2 nitrogen and oxygen atoms in total. The van der Waals surface area contributed by atoms with Crippen LogP contribution in [0.1, 0.15) is 59.9 Å². The van der Waals surface area contributed by atoms with Crippen LogP contribution >= 0.6 is 0 Å². The van der Waals surface area contributed by atoms with Crippen LogP contribution in [0.3, 0.4) is 0 Å². The first kappa shape index (κ1) is 18.0. The highest BCUT2D eigenvalue weighted by Crippen LogP contribution is 2.17. The monoisotopic (exact) mass is 291 g/mol. The number of rotatable bonds is 8. The number of ether oxygens (including phenoxy) is 1. The Labute approximate surface area is 131 Å². The lowest BCUT2D eigenvalue weighted by Crippen LogP contribution is -2.36. The summed E-state index contributed by atoms with van der Waals surface area (Å²) in [7, 11) is 0. The van der Waals surface area contributed by atoms with Gasteiger partial charge in [0.05, 0.1) is 6.10 Å². The molecule has 21 heavy (non-hydrogen) atoms. The summed E-state index contributed by atoms with van der Waals surface area (Å²) in [5.41, 5.74) is 1.63. The summed E-state index contributed by atoms with van der Waals surface area (Å²) in [6.45, 7) is 14.2. The van der Waals surface area contributed by atoms with Gasteiger partial charge in [0.25, 0.3) is 0 Å². The molecule has 1 atom stereocenters. The first-order valence-corrected chi connectivity index (χ1v) is 8.27. The molecule has 120 valence electrons. The summed E-state index contributed by atoms with van der Waals surface area (Å²) in [6, 6.07) is 8.55. The minimum atomic E-state index is 0.228. The van der Waals surface area contributed by atoms with Crippen molar-refractivity contribution in [2.75, 3.05) is 6.54 Å². The quantitative estimate of drug-likeness (QED) is 0.741. The number of benzene rings is 1. The molecule has 0 fully saturated rings. The lowest BCUT2D eigenvalue weighted by atomic mass is 9.97. The zero-order chi connectivity index (χ0) is 15.9. The molecule has 1 unspecified atom stereocenters. The Morgan fingerprint density at radius 3 is 2.14 bits per heavy atom. The van der Waals surface area contributed by atoms with E-state index in [4.69, 9.17) is 4.74 Å². The van der Waals surface area contributed by atoms with Crippen LogP contribution in [0, 0.1) is 5.92 Å². The molecule has 0 aliphatic heterocycles. The van der Waals surface area contributed by atoms with Crippen molar-refractivity contribution in [3.8, 4) is 5.75 Å². The van der Waals surface area contributed by atoms with Gasteiger partial charge in [0, 0.05) is 5.54 Å². The maximum atomic E-state index is 5.67. The van der Waals surface area contributed by atoms with Crippen molar-refractivity contribution in [3.05, 3.63) is 29.8 Å². The Balaban J connectivity index is 2.28. The average molecular weight is 291 g/mol. The Kier molecular flexibility index (Phi) is 7.24. The van der Waals surface area contributed by atoms with E-state index in [9.17, 15) is 0 Å². The van der Waals surface area contributed by atoms with Gasteiger partial charge in [-0.2, -0.15) is 0 Å². The third-order valence-electron chi connectivity index (χ3n) is 3.51. The van der Waals surface area contributed by atoms with E-state index in [1.54, 1.807) is 0 Å². The van der Waals surface area contributed by atoms with E-state index < -0.39 is 0 Å². The van der Waals surface area contributed by atoms with E-state index in [0.29, 0.717) is 0 Å². The number of aryl methyl sites for hydroxylation is 1. The molecule has 1 aromatic rings. The molecule has 0 amide bonds. The third-order valence-corrected chi connectivity index (χ3v) is 3.51. The van der Waals surface area contributed by atoms with Crippen molar-refractivity contribution < 1.29 is 4.74 Å². The molecule has 0 aromatic heterocycles. The molecule has 0 spiro atoms. The summed E-state index contributed by atoms with van der Waals surface area (Å²) in [4.78, 5) is 0. The zero-order valence-electron chi connectivity index (χ0n) is 14.7. The SMILES string of the molecule is CC(CCNC(C)(C)C)CCc1ccc(OC(C)C)cc1. The van der Waals surface area contributed by atoms with Crippen LogP contribution in [-0.4, -0.2) is 18.2 Å². The lowest BCUT2D eigenvalue weighted by Gasteiger charge is -2.22. The largest absolute Gasteiger partial charge is 0.491 e. The molecular weight excluding hydrogens is 258 g/mol. The highest BCUT2D eigenvalue weighted by atomic mass is 16.5. The van der Waals surface area contributed by atoms with Crippen molar-refractivity contribution in [3.63, 3.8) is 0 Å². The van der Waals surface area contributed by atoms with Crippen LogP contribution in [0.25, 0.3) is 0 Å². The van der Waals surface area contributed by atoms with Gasteiger partial charge in [0.2, 0.25) is 0 Å². The third kappa shape index (κ3) is 8.77. The minimum absolute atomic E-state index is 0.228. The molecule has 0 aliphatic carbocycles. The normalized spacial score (nSPS) is 13.5. The molecule has 0 saturated carbocycles. The Morgan fingerprint density at radius 1 is 1.00 bits per heavy atom. The predicted molar refractivity (Wildman–Crippen MR) is 92.1 cm³/mol. The summed E-state index contributed by atoms with van der Waals surface area (Å²) in [5, 5.41) is 3.56. The number of hydrogen-bond acceptors (Lipinski definition) is 2. The second kappa shape index (κ2) is 8.43. The molecule has 0 heterocycles. The van der Waals surface area contributed by atoms with Crippen molar-refractivity contribution in [2.24, 2.45) is 5.92 Å². The topological polar surface area (TPSA) is 21.3 Å². The van der Waals surface area contributed by atoms with E-state index in [-0.39, 0.29) is 11.6 Å². The van der Waals surface area contributed by atoms with Gasteiger partial charge in [0.15, 0.2) is 0 Å². The van der Waals surface area contributed by atoms with Crippen LogP contribution < -0.4 is 10.1 Å². The molecule has 0 saturated heterocycles. The van der Waals surface area contributed by atoms with Crippen LogP contribution in [-0.2, 0) is 6.42 Å². The average Bonchev–Trinajstić information content (AvgIpc) is 2.36. The summed E-state index contributed by atoms with van der Waals surface area (Å²) in [5.74, 6) is 1.72. The zero-order valence-corrected chi connectivity index (χ0v) is 14.7. The van der Waals surface area contributed by atoms with Gasteiger partial charge < -0.3 is 10.1 Å². The molecule has 2 heteroatoms. The molecular formula is C19H33NO. The van der Waals surface area contributed by atoms with Crippen LogP contribution in [0.5, 0.6) is 5.75 Å². The maximum Gasteiger partial charge on any atom is 0.119 e. The van der Waals surface area contributed by atoms with Crippen LogP contribution in [0.4, 0.5) is 0 Å².